The first-order valence-corrected chi connectivity index (χ1v) is 7.16. The maximum atomic E-state index is 6.00. The Morgan fingerprint density at radius 2 is 1.72 bits per heavy atom. The predicted molar refractivity (Wildman–Crippen MR) is 79.9 cm³/mol. The lowest BCUT2D eigenvalue weighted by Crippen LogP contribution is -1.97. The molecule has 5 heteroatoms. The van der Waals surface area contributed by atoms with Gasteiger partial charge in [0.25, 0.3) is 0 Å². The van der Waals surface area contributed by atoms with E-state index >= 15 is 0 Å². The van der Waals surface area contributed by atoms with Crippen molar-refractivity contribution in [2.45, 2.75) is 16.3 Å². The van der Waals surface area contributed by atoms with Crippen molar-refractivity contribution < 1.29 is 0 Å². The number of halogens is 3. The summed E-state index contributed by atoms with van der Waals surface area (Å²) < 4.78 is 0. The van der Waals surface area contributed by atoms with Gasteiger partial charge < -0.3 is 5.73 Å². The summed E-state index contributed by atoms with van der Waals surface area (Å²) in [5.74, 6) is 0. The standard InChI is InChI=1S/C13H10Cl3NS/c14-9-2-1-8(7-17)13(5-9)18-10-3-4-11(15)12(16)6-10/h1-6H,7,17H2. The van der Waals surface area contributed by atoms with Crippen molar-refractivity contribution in [2.75, 3.05) is 0 Å². The number of rotatable bonds is 3. The van der Waals surface area contributed by atoms with Crippen molar-refractivity contribution in [2.24, 2.45) is 5.73 Å². The normalized spacial score (nSPS) is 10.7. The molecule has 0 radical (unpaired) electrons. The van der Waals surface area contributed by atoms with Gasteiger partial charge in [0.05, 0.1) is 10.0 Å². The van der Waals surface area contributed by atoms with Crippen LogP contribution >= 0.6 is 46.6 Å². The molecule has 0 amide bonds. The third kappa shape index (κ3) is 3.34. The number of nitrogens with two attached hydrogens (primary N) is 1. The van der Waals surface area contributed by atoms with Crippen LogP contribution in [0.3, 0.4) is 0 Å². The van der Waals surface area contributed by atoms with Gasteiger partial charge in [-0.1, -0.05) is 52.6 Å². The highest BCUT2D eigenvalue weighted by molar-refractivity contribution is 7.99. The summed E-state index contributed by atoms with van der Waals surface area (Å²) in [6, 6.07) is 11.2. The molecule has 2 aromatic rings. The fraction of sp³-hybridized carbons (Fsp3) is 0.0769. The topological polar surface area (TPSA) is 26.0 Å². The van der Waals surface area contributed by atoms with Gasteiger partial charge in [-0.3, -0.25) is 0 Å². The molecule has 0 bridgehead atoms. The van der Waals surface area contributed by atoms with E-state index in [9.17, 15) is 0 Å². The van der Waals surface area contributed by atoms with E-state index in [-0.39, 0.29) is 0 Å². The second kappa shape index (κ2) is 6.18. The molecule has 0 atom stereocenters. The molecule has 1 nitrogen and oxygen atoms in total. The van der Waals surface area contributed by atoms with E-state index in [1.54, 1.807) is 17.8 Å². The number of benzene rings is 2. The molecule has 0 aromatic heterocycles. The van der Waals surface area contributed by atoms with Gasteiger partial charge in [-0.05, 0) is 35.9 Å². The summed E-state index contributed by atoms with van der Waals surface area (Å²) in [4.78, 5) is 2.03. The smallest absolute Gasteiger partial charge is 0.0603 e. The number of hydrogen-bond acceptors (Lipinski definition) is 2. The molecular formula is C13H10Cl3NS. The molecule has 0 aliphatic rings. The van der Waals surface area contributed by atoms with Gasteiger partial charge >= 0.3 is 0 Å². The molecule has 94 valence electrons. The van der Waals surface area contributed by atoms with Gasteiger partial charge in [0, 0.05) is 21.4 Å². The monoisotopic (exact) mass is 317 g/mol. The zero-order chi connectivity index (χ0) is 13.1. The summed E-state index contributed by atoms with van der Waals surface area (Å²) in [7, 11) is 0. The Morgan fingerprint density at radius 1 is 0.944 bits per heavy atom. The van der Waals surface area contributed by atoms with Crippen LogP contribution in [0.15, 0.2) is 46.2 Å². The van der Waals surface area contributed by atoms with Gasteiger partial charge in [0.1, 0.15) is 0 Å². The Balaban J connectivity index is 2.33. The molecule has 0 unspecified atom stereocenters. The third-order valence-corrected chi connectivity index (χ3v) is 4.43. The highest BCUT2D eigenvalue weighted by Crippen LogP contribution is 2.35. The Kier molecular flexibility index (Phi) is 4.82. The summed E-state index contributed by atoms with van der Waals surface area (Å²) in [6.45, 7) is 0.473. The Morgan fingerprint density at radius 3 is 2.39 bits per heavy atom. The largest absolute Gasteiger partial charge is 0.326 e. The van der Waals surface area contributed by atoms with Crippen LogP contribution in [0.5, 0.6) is 0 Å². The van der Waals surface area contributed by atoms with Crippen LogP contribution < -0.4 is 5.73 Å². The highest BCUT2D eigenvalue weighted by atomic mass is 35.5. The van der Waals surface area contributed by atoms with Crippen molar-refractivity contribution >= 4 is 46.6 Å². The second-order valence-corrected chi connectivity index (χ2v) is 6.00. The quantitative estimate of drug-likeness (QED) is 0.835. The molecule has 2 rings (SSSR count). The number of hydrogen-bond donors (Lipinski definition) is 1. The van der Waals surface area contributed by atoms with Gasteiger partial charge in [-0.25, -0.2) is 0 Å². The lowest BCUT2D eigenvalue weighted by Gasteiger charge is -2.08. The maximum absolute atomic E-state index is 6.00. The van der Waals surface area contributed by atoms with Crippen molar-refractivity contribution in [3.8, 4) is 0 Å². The molecule has 0 aliphatic carbocycles. The fourth-order valence-electron chi connectivity index (χ4n) is 1.46. The van der Waals surface area contributed by atoms with Crippen molar-refractivity contribution in [3.63, 3.8) is 0 Å². The molecular weight excluding hydrogens is 309 g/mol. The lowest BCUT2D eigenvalue weighted by atomic mass is 10.2. The first kappa shape index (κ1) is 14.0. The van der Waals surface area contributed by atoms with Crippen LogP contribution in [-0.2, 0) is 6.54 Å². The van der Waals surface area contributed by atoms with E-state index < -0.39 is 0 Å². The third-order valence-electron chi connectivity index (χ3n) is 2.37. The fourth-order valence-corrected chi connectivity index (χ4v) is 3.09. The zero-order valence-corrected chi connectivity index (χ0v) is 12.4. The minimum Gasteiger partial charge on any atom is -0.326 e. The van der Waals surface area contributed by atoms with Gasteiger partial charge in [0.15, 0.2) is 0 Å². The maximum Gasteiger partial charge on any atom is 0.0603 e. The Hall–Kier alpha value is -0.380. The minimum atomic E-state index is 0.473. The van der Waals surface area contributed by atoms with E-state index in [2.05, 4.69) is 0 Å². The summed E-state index contributed by atoms with van der Waals surface area (Å²) >= 11 is 19.4. The first-order valence-electron chi connectivity index (χ1n) is 5.21. The summed E-state index contributed by atoms with van der Waals surface area (Å²) in [6.07, 6.45) is 0. The Bertz CT molecular complexity index is 572. The van der Waals surface area contributed by atoms with Gasteiger partial charge in [0.2, 0.25) is 0 Å². The average Bonchev–Trinajstić information content (AvgIpc) is 2.34. The average molecular weight is 319 g/mol. The second-order valence-electron chi connectivity index (χ2n) is 3.63. The zero-order valence-electron chi connectivity index (χ0n) is 9.29. The van der Waals surface area contributed by atoms with Crippen LogP contribution in [-0.4, -0.2) is 0 Å². The highest BCUT2D eigenvalue weighted by Gasteiger charge is 2.06. The van der Waals surface area contributed by atoms with E-state index in [1.165, 1.54) is 0 Å². The molecule has 0 spiro atoms. The molecule has 0 fully saturated rings. The lowest BCUT2D eigenvalue weighted by molar-refractivity contribution is 1.03. The van der Waals surface area contributed by atoms with Crippen molar-refractivity contribution in [3.05, 3.63) is 57.0 Å². The van der Waals surface area contributed by atoms with E-state index in [0.717, 1.165) is 15.4 Å². The van der Waals surface area contributed by atoms with Crippen LogP contribution in [0, 0.1) is 0 Å². The van der Waals surface area contributed by atoms with Crippen LogP contribution in [0.1, 0.15) is 5.56 Å². The van der Waals surface area contributed by atoms with Gasteiger partial charge in [-0.15, -0.1) is 0 Å². The predicted octanol–water partition coefficient (Wildman–Crippen LogP) is 5.26. The van der Waals surface area contributed by atoms with Crippen molar-refractivity contribution in [1.29, 1.82) is 0 Å². The van der Waals surface area contributed by atoms with E-state index in [0.29, 0.717) is 21.6 Å². The van der Waals surface area contributed by atoms with Gasteiger partial charge in [-0.2, -0.15) is 0 Å². The first-order chi connectivity index (χ1) is 8.60. The molecule has 0 heterocycles. The molecule has 18 heavy (non-hydrogen) atoms. The molecule has 0 aliphatic heterocycles. The van der Waals surface area contributed by atoms with E-state index in [1.807, 2.05) is 30.3 Å². The SMILES string of the molecule is NCc1ccc(Cl)cc1Sc1ccc(Cl)c(Cl)c1. The van der Waals surface area contributed by atoms with E-state index in [4.69, 9.17) is 40.5 Å². The summed E-state index contributed by atoms with van der Waals surface area (Å²) in [5.41, 5.74) is 6.76. The minimum absolute atomic E-state index is 0.473. The molecule has 2 N–H and O–H groups in total. The van der Waals surface area contributed by atoms with Crippen LogP contribution in [0.2, 0.25) is 15.1 Å². The molecule has 2 aromatic carbocycles. The van der Waals surface area contributed by atoms with Crippen LogP contribution in [0.25, 0.3) is 0 Å². The molecule has 0 saturated carbocycles. The molecule has 0 saturated heterocycles. The Labute approximate surface area is 125 Å². The van der Waals surface area contributed by atoms with Crippen LogP contribution in [0.4, 0.5) is 0 Å². The van der Waals surface area contributed by atoms with Crippen molar-refractivity contribution in [1.82, 2.24) is 0 Å². The summed E-state index contributed by atoms with van der Waals surface area (Å²) in [5, 5.41) is 1.78.